The molecule has 24 heavy (non-hydrogen) atoms. The zero-order valence-corrected chi connectivity index (χ0v) is 15.7. The molecule has 0 fully saturated rings. The van der Waals surface area contributed by atoms with Gasteiger partial charge < -0.3 is 0 Å². The Morgan fingerprint density at radius 2 is 1.08 bits per heavy atom. The standard InChI is InChI=1S/C23H24S/c1-23(2,3)17-13-15-18(16-14-17)24(4)21-11-7-5-9-19(21)20-10-6-8-12-22(20)24/h5-16H,1-4H3. The molecule has 0 aliphatic carbocycles. The molecule has 0 saturated heterocycles. The molecular weight excluding hydrogens is 308 g/mol. The molecular formula is C23H24S. The SMILES string of the molecule is CC(C)(C)c1ccc(S2(C)c3ccccc3-c3ccccc32)cc1. The molecule has 0 N–H and O–H groups in total. The van der Waals surface area contributed by atoms with Gasteiger partial charge in [0, 0.05) is 9.79 Å². The Morgan fingerprint density at radius 3 is 1.54 bits per heavy atom. The highest BCUT2D eigenvalue weighted by molar-refractivity contribution is 8.33. The van der Waals surface area contributed by atoms with E-state index in [1.54, 1.807) is 0 Å². The van der Waals surface area contributed by atoms with Crippen LogP contribution < -0.4 is 0 Å². The van der Waals surface area contributed by atoms with Gasteiger partial charge in [0.05, 0.1) is 0 Å². The molecule has 0 atom stereocenters. The highest BCUT2D eigenvalue weighted by Gasteiger charge is 2.36. The summed E-state index contributed by atoms with van der Waals surface area (Å²) in [4.78, 5) is 4.44. The Balaban J connectivity index is 1.94. The molecule has 0 radical (unpaired) electrons. The summed E-state index contributed by atoms with van der Waals surface area (Å²) in [5.74, 6) is 0. The summed E-state index contributed by atoms with van der Waals surface area (Å²) < 4.78 is 0. The molecule has 1 aliphatic rings. The molecule has 0 spiro atoms. The van der Waals surface area contributed by atoms with E-state index >= 15 is 0 Å². The maximum Gasteiger partial charge on any atom is 0.00582 e. The van der Waals surface area contributed by atoms with E-state index in [0.29, 0.717) is 0 Å². The van der Waals surface area contributed by atoms with Gasteiger partial charge in [0.15, 0.2) is 0 Å². The van der Waals surface area contributed by atoms with Crippen molar-refractivity contribution in [3.63, 3.8) is 0 Å². The lowest BCUT2D eigenvalue weighted by molar-refractivity contribution is 0.589. The van der Waals surface area contributed by atoms with Crippen LogP contribution >= 0.6 is 10.0 Å². The first-order valence-electron chi connectivity index (χ1n) is 8.50. The van der Waals surface area contributed by atoms with Crippen LogP contribution in [0.15, 0.2) is 87.5 Å². The van der Waals surface area contributed by atoms with E-state index in [4.69, 9.17) is 0 Å². The van der Waals surface area contributed by atoms with E-state index in [-0.39, 0.29) is 5.41 Å². The van der Waals surface area contributed by atoms with Crippen molar-refractivity contribution in [3.8, 4) is 11.1 Å². The largest absolute Gasteiger partial charge is 0.162 e. The second-order valence-electron chi connectivity index (χ2n) is 7.69. The molecule has 1 heterocycles. The number of fused-ring (bicyclic) bond motifs is 3. The van der Waals surface area contributed by atoms with Crippen molar-refractivity contribution in [2.24, 2.45) is 0 Å². The van der Waals surface area contributed by atoms with E-state index in [1.807, 2.05) is 0 Å². The van der Waals surface area contributed by atoms with Crippen LogP contribution in [0.25, 0.3) is 11.1 Å². The predicted octanol–water partition coefficient (Wildman–Crippen LogP) is 6.88. The smallest absolute Gasteiger partial charge is 0.00582 e. The molecule has 3 aromatic carbocycles. The fourth-order valence-corrected chi connectivity index (χ4v) is 7.05. The van der Waals surface area contributed by atoms with Gasteiger partial charge in [0.1, 0.15) is 0 Å². The summed E-state index contributed by atoms with van der Waals surface area (Å²) in [5.41, 5.74) is 4.41. The van der Waals surface area contributed by atoms with Gasteiger partial charge in [0.2, 0.25) is 0 Å². The topological polar surface area (TPSA) is 0 Å². The van der Waals surface area contributed by atoms with Gasteiger partial charge in [0.25, 0.3) is 0 Å². The van der Waals surface area contributed by atoms with Crippen LogP contribution in [0, 0.1) is 0 Å². The minimum Gasteiger partial charge on any atom is -0.162 e. The normalized spacial score (nSPS) is 16.3. The second-order valence-corrected chi connectivity index (χ2v) is 10.9. The minimum absolute atomic E-state index is 0.195. The minimum atomic E-state index is -1.16. The summed E-state index contributed by atoms with van der Waals surface area (Å²) in [7, 11) is -1.16. The van der Waals surface area contributed by atoms with Crippen molar-refractivity contribution in [1.29, 1.82) is 0 Å². The van der Waals surface area contributed by atoms with E-state index in [0.717, 1.165) is 0 Å². The first-order valence-corrected chi connectivity index (χ1v) is 10.5. The maximum atomic E-state index is 2.45. The summed E-state index contributed by atoms with van der Waals surface area (Å²) in [6.07, 6.45) is 2.45. The Kier molecular flexibility index (Phi) is 3.40. The molecule has 3 aromatic rings. The Bertz CT molecular complexity index is 852. The van der Waals surface area contributed by atoms with E-state index < -0.39 is 10.0 Å². The van der Waals surface area contributed by atoms with Crippen LogP contribution in [-0.4, -0.2) is 6.26 Å². The average Bonchev–Trinajstić information content (AvgIpc) is 2.86. The van der Waals surface area contributed by atoms with Crippen LogP contribution in [-0.2, 0) is 5.41 Å². The number of hydrogen-bond donors (Lipinski definition) is 0. The third kappa shape index (κ3) is 2.15. The van der Waals surface area contributed by atoms with E-state index in [1.165, 1.54) is 31.4 Å². The first-order chi connectivity index (χ1) is 11.4. The van der Waals surface area contributed by atoms with Gasteiger partial charge in [-0.25, -0.2) is 0 Å². The highest BCUT2D eigenvalue weighted by atomic mass is 32.3. The highest BCUT2D eigenvalue weighted by Crippen LogP contribution is 2.73. The summed E-state index contributed by atoms with van der Waals surface area (Å²) in [5, 5.41) is 0. The fourth-order valence-electron chi connectivity index (χ4n) is 3.69. The van der Waals surface area contributed by atoms with Crippen molar-refractivity contribution in [3.05, 3.63) is 78.4 Å². The molecule has 122 valence electrons. The van der Waals surface area contributed by atoms with Gasteiger partial charge in [-0.2, -0.15) is 10.0 Å². The van der Waals surface area contributed by atoms with Crippen LogP contribution in [0.3, 0.4) is 0 Å². The van der Waals surface area contributed by atoms with Gasteiger partial charge in [-0.05, 0) is 57.5 Å². The molecule has 0 aromatic heterocycles. The third-order valence-corrected chi connectivity index (χ3v) is 8.82. The molecule has 1 heteroatoms. The van der Waals surface area contributed by atoms with Crippen LogP contribution in [0.5, 0.6) is 0 Å². The fraction of sp³-hybridized carbons (Fsp3) is 0.217. The predicted molar refractivity (Wildman–Crippen MR) is 105 cm³/mol. The van der Waals surface area contributed by atoms with Gasteiger partial charge in [-0.15, -0.1) is 0 Å². The van der Waals surface area contributed by atoms with Crippen molar-refractivity contribution in [2.45, 2.75) is 40.9 Å². The molecule has 0 unspecified atom stereocenters. The van der Waals surface area contributed by atoms with Crippen LogP contribution in [0.1, 0.15) is 26.3 Å². The van der Waals surface area contributed by atoms with Crippen molar-refractivity contribution >= 4 is 10.0 Å². The molecule has 4 rings (SSSR count). The van der Waals surface area contributed by atoms with Crippen LogP contribution in [0.4, 0.5) is 0 Å². The molecule has 0 amide bonds. The summed E-state index contributed by atoms with van der Waals surface area (Å²) in [6, 6.07) is 27.2. The maximum absolute atomic E-state index is 2.45. The van der Waals surface area contributed by atoms with Crippen LogP contribution in [0.2, 0.25) is 0 Å². The molecule has 0 bridgehead atoms. The lowest BCUT2D eigenvalue weighted by atomic mass is 9.87. The van der Waals surface area contributed by atoms with E-state index in [2.05, 4.69) is 99.8 Å². The van der Waals surface area contributed by atoms with Crippen molar-refractivity contribution in [2.75, 3.05) is 6.26 Å². The van der Waals surface area contributed by atoms with Gasteiger partial charge >= 0.3 is 0 Å². The third-order valence-electron chi connectivity index (χ3n) is 5.14. The Labute approximate surface area is 146 Å². The number of rotatable bonds is 1. The molecule has 0 saturated carbocycles. The second kappa shape index (κ2) is 5.26. The summed E-state index contributed by atoms with van der Waals surface area (Å²) >= 11 is 0. The van der Waals surface area contributed by atoms with E-state index in [9.17, 15) is 0 Å². The Morgan fingerprint density at radius 1 is 0.625 bits per heavy atom. The lowest BCUT2D eigenvalue weighted by Gasteiger charge is -2.34. The molecule has 0 nitrogen and oxygen atoms in total. The number of benzene rings is 3. The summed E-state index contributed by atoms with van der Waals surface area (Å²) in [6.45, 7) is 6.82. The zero-order chi connectivity index (χ0) is 16.9. The Hall–Kier alpha value is -1.99. The average molecular weight is 333 g/mol. The number of hydrogen-bond acceptors (Lipinski definition) is 0. The van der Waals surface area contributed by atoms with Crippen molar-refractivity contribution in [1.82, 2.24) is 0 Å². The lowest BCUT2D eigenvalue weighted by Crippen LogP contribution is -2.11. The van der Waals surface area contributed by atoms with Crippen molar-refractivity contribution < 1.29 is 0 Å². The monoisotopic (exact) mass is 332 g/mol. The zero-order valence-electron chi connectivity index (χ0n) is 14.8. The van der Waals surface area contributed by atoms with Gasteiger partial charge in [-0.3, -0.25) is 0 Å². The quantitative estimate of drug-likeness (QED) is 0.456. The van der Waals surface area contributed by atoms with Gasteiger partial charge in [-0.1, -0.05) is 69.3 Å². The molecule has 1 aliphatic heterocycles. The first kappa shape index (κ1) is 15.5.